The molecule has 0 aliphatic rings. The number of carbonyl (C=O) groups excluding carboxylic acids is 3. The average Bonchev–Trinajstić information content (AvgIpc) is 2.88. The summed E-state index contributed by atoms with van der Waals surface area (Å²) in [6, 6.07) is 2.82. The fourth-order valence-corrected chi connectivity index (χ4v) is 3.48. The third-order valence-corrected chi connectivity index (χ3v) is 6.78. The van der Waals surface area contributed by atoms with Crippen LogP contribution in [0.2, 0.25) is 0 Å². The molecule has 1 rings (SSSR count). The van der Waals surface area contributed by atoms with Gasteiger partial charge in [-0.3, -0.25) is 9.59 Å². The van der Waals surface area contributed by atoms with Gasteiger partial charge in [0.1, 0.15) is 24.4 Å². The van der Waals surface area contributed by atoms with Gasteiger partial charge in [0.25, 0.3) is 0 Å². The number of benzene rings is 1. The standard InChI is InChI=1S/C28H43NO10/c1-9-15(4)26(32)37-19(8)18(7)23(24(29)25(30)31)20-12-13-21(38-27(33)35-16(5)10-2)22(14-20)39-28(34)36-17(6)11-3/h12-19,23-24H,9-11,29H2,1-8H3,(H,30,31)/t15?,16?,17?,18?,19?,23?,24-/m0/s1. The van der Waals surface area contributed by atoms with Gasteiger partial charge in [-0.25, -0.2) is 9.59 Å². The molecule has 0 saturated carbocycles. The fraction of sp³-hybridized carbons (Fsp3) is 0.643. The van der Waals surface area contributed by atoms with Gasteiger partial charge in [-0.1, -0.05) is 40.7 Å². The van der Waals surface area contributed by atoms with Gasteiger partial charge < -0.3 is 34.5 Å². The number of carboxylic acid groups (broad SMARTS) is 1. The summed E-state index contributed by atoms with van der Waals surface area (Å²) in [7, 11) is 0. The molecule has 220 valence electrons. The normalized spacial score (nSPS) is 16.4. The van der Waals surface area contributed by atoms with Crippen molar-refractivity contribution < 1.29 is 48.0 Å². The molecule has 0 spiro atoms. The first-order chi connectivity index (χ1) is 18.2. The van der Waals surface area contributed by atoms with Gasteiger partial charge >= 0.3 is 24.2 Å². The van der Waals surface area contributed by atoms with Gasteiger partial charge in [0.2, 0.25) is 0 Å². The predicted molar refractivity (Wildman–Crippen MR) is 143 cm³/mol. The molecule has 7 atom stereocenters. The molecule has 0 bridgehead atoms. The lowest BCUT2D eigenvalue weighted by Crippen LogP contribution is -2.43. The summed E-state index contributed by atoms with van der Waals surface area (Å²) < 4.78 is 26.6. The Bertz CT molecular complexity index is 981. The van der Waals surface area contributed by atoms with Crippen molar-refractivity contribution in [1.29, 1.82) is 0 Å². The van der Waals surface area contributed by atoms with Gasteiger partial charge in [-0.05, 0) is 57.7 Å². The maximum absolute atomic E-state index is 12.4. The van der Waals surface area contributed by atoms with Gasteiger partial charge in [0, 0.05) is 11.8 Å². The van der Waals surface area contributed by atoms with E-state index in [1.54, 1.807) is 34.6 Å². The minimum Gasteiger partial charge on any atom is -0.480 e. The van der Waals surface area contributed by atoms with Crippen LogP contribution >= 0.6 is 0 Å². The van der Waals surface area contributed by atoms with Crippen molar-refractivity contribution >= 4 is 24.2 Å². The third kappa shape index (κ3) is 10.4. The number of esters is 1. The molecule has 0 fully saturated rings. The quantitative estimate of drug-likeness (QED) is 0.172. The number of hydrogen-bond acceptors (Lipinski definition) is 10. The number of ether oxygens (including phenoxy) is 5. The zero-order valence-electron chi connectivity index (χ0n) is 24.1. The highest BCUT2D eigenvalue weighted by Gasteiger charge is 2.36. The van der Waals surface area contributed by atoms with Crippen LogP contribution in [0.1, 0.15) is 86.1 Å². The van der Waals surface area contributed by atoms with Gasteiger partial charge in [-0.2, -0.15) is 0 Å². The number of carbonyl (C=O) groups is 4. The van der Waals surface area contributed by atoms with E-state index in [0.717, 1.165) is 0 Å². The van der Waals surface area contributed by atoms with Crippen molar-refractivity contribution in [3.63, 3.8) is 0 Å². The van der Waals surface area contributed by atoms with Crippen LogP contribution in [0.5, 0.6) is 11.5 Å². The number of carboxylic acids is 1. The summed E-state index contributed by atoms with van der Waals surface area (Å²) in [6.45, 7) is 14.0. The Morgan fingerprint density at radius 1 is 0.795 bits per heavy atom. The lowest BCUT2D eigenvalue weighted by atomic mass is 9.79. The predicted octanol–water partition coefficient (Wildman–Crippen LogP) is 5.42. The molecule has 0 aliphatic heterocycles. The molecule has 39 heavy (non-hydrogen) atoms. The third-order valence-electron chi connectivity index (χ3n) is 6.78. The highest BCUT2D eigenvalue weighted by molar-refractivity contribution is 5.75. The Morgan fingerprint density at radius 3 is 1.77 bits per heavy atom. The Kier molecular flexibility index (Phi) is 13.8. The summed E-state index contributed by atoms with van der Waals surface area (Å²) in [5.41, 5.74) is 6.45. The first-order valence-electron chi connectivity index (χ1n) is 13.3. The second-order valence-corrected chi connectivity index (χ2v) is 9.78. The van der Waals surface area contributed by atoms with Crippen molar-refractivity contribution in [1.82, 2.24) is 0 Å². The Labute approximate surface area is 230 Å². The van der Waals surface area contributed by atoms with Gasteiger partial charge in [-0.15, -0.1) is 0 Å². The van der Waals surface area contributed by atoms with E-state index in [4.69, 9.17) is 29.4 Å². The molecule has 0 aliphatic carbocycles. The van der Waals surface area contributed by atoms with E-state index in [-0.39, 0.29) is 17.4 Å². The molecule has 0 radical (unpaired) electrons. The SMILES string of the molecule is CCC(C)OC(=O)Oc1ccc(C(C(C)C(C)OC(=O)C(C)CC)[C@H](N)C(=O)O)cc1OC(=O)OC(C)CC. The monoisotopic (exact) mass is 553 g/mol. The van der Waals surface area contributed by atoms with E-state index in [1.807, 2.05) is 20.8 Å². The van der Waals surface area contributed by atoms with Crippen LogP contribution in [0.3, 0.4) is 0 Å². The number of nitrogens with two attached hydrogens (primary N) is 1. The molecule has 6 unspecified atom stereocenters. The molecule has 0 aromatic heterocycles. The molecule has 3 N–H and O–H groups in total. The van der Waals surface area contributed by atoms with Gasteiger partial charge in [0.05, 0.1) is 5.92 Å². The van der Waals surface area contributed by atoms with Crippen molar-refractivity contribution in [2.24, 2.45) is 17.6 Å². The summed E-state index contributed by atoms with van der Waals surface area (Å²) in [5, 5.41) is 9.75. The minimum atomic E-state index is -1.40. The molecule has 1 aromatic rings. The van der Waals surface area contributed by atoms with E-state index in [2.05, 4.69) is 0 Å². The number of aliphatic carboxylic acids is 1. The molecular weight excluding hydrogens is 510 g/mol. The summed E-state index contributed by atoms with van der Waals surface area (Å²) in [6.07, 6.45) is -1.88. The molecule has 0 heterocycles. The molecule has 1 aromatic carbocycles. The smallest absolute Gasteiger partial charge is 0.480 e. The lowest BCUT2D eigenvalue weighted by Gasteiger charge is -2.32. The highest BCUT2D eigenvalue weighted by Crippen LogP contribution is 2.37. The van der Waals surface area contributed by atoms with Crippen LogP contribution in [-0.2, 0) is 23.8 Å². The molecule has 11 nitrogen and oxygen atoms in total. The average molecular weight is 554 g/mol. The summed E-state index contributed by atoms with van der Waals surface area (Å²) in [5.74, 6) is -3.78. The molecule has 11 heteroatoms. The number of rotatable bonds is 14. The Morgan fingerprint density at radius 2 is 1.31 bits per heavy atom. The largest absolute Gasteiger partial charge is 0.514 e. The second-order valence-electron chi connectivity index (χ2n) is 9.78. The Hall–Kier alpha value is -3.34. The van der Waals surface area contributed by atoms with Crippen LogP contribution < -0.4 is 15.2 Å². The van der Waals surface area contributed by atoms with Crippen LogP contribution in [-0.4, -0.2) is 53.7 Å². The Balaban J connectivity index is 3.47. The van der Waals surface area contributed by atoms with Crippen LogP contribution in [0, 0.1) is 11.8 Å². The zero-order chi connectivity index (χ0) is 29.9. The fourth-order valence-electron chi connectivity index (χ4n) is 3.48. The van der Waals surface area contributed by atoms with E-state index >= 15 is 0 Å². The van der Waals surface area contributed by atoms with Crippen LogP contribution in [0.4, 0.5) is 9.59 Å². The summed E-state index contributed by atoms with van der Waals surface area (Å²) in [4.78, 5) is 49.0. The maximum atomic E-state index is 12.4. The van der Waals surface area contributed by atoms with Crippen molar-refractivity contribution in [2.45, 2.75) is 105 Å². The topological polar surface area (TPSA) is 161 Å². The van der Waals surface area contributed by atoms with E-state index in [0.29, 0.717) is 24.8 Å². The van der Waals surface area contributed by atoms with Crippen molar-refractivity contribution in [3.05, 3.63) is 23.8 Å². The zero-order valence-corrected chi connectivity index (χ0v) is 24.1. The molecule has 0 saturated heterocycles. The minimum absolute atomic E-state index is 0.139. The molecule has 0 amide bonds. The van der Waals surface area contributed by atoms with Gasteiger partial charge in [0.15, 0.2) is 11.5 Å². The van der Waals surface area contributed by atoms with Crippen molar-refractivity contribution in [2.75, 3.05) is 0 Å². The first-order valence-corrected chi connectivity index (χ1v) is 13.3. The van der Waals surface area contributed by atoms with Crippen LogP contribution in [0.15, 0.2) is 18.2 Å². The van der Waals surface area contributed by atoms with E-state index in [9.17, 15) is 24.3 Å². The maximum Gasteiger partial charge on any atom is 0.514 e. The number of hydrogen-bond donors (Lipinski definition) is 2. The first kappa shape index (κ1) is 33.7. The van der Waals surface area contributed by atoms with Crippen molar-refractivity contribution in [3.8, 4) is 11.5 Å². The lowest BCUT2D eigenvalue weighted by molar-refractivity contribution is -0.155. The van der Waals surface area contributed by atoms with E-state index < -0.39 is 60.4 Å². The molecular formula is C28H43NO10. The van der Waals surface area contributed by atoms with Crippen LogP contribution in [0.25, 0.3) is 0 Å². The highest BCUT2D eigenvalue weighted by atomic mass is 16.7. The second kappa shape index (κ2) is 15.9. The van der Waals surface area contributed by atoms with E-state index in [1.165, 1.54) is 18.2 Å². The summed E-state index contributed by atoms with van der Waals surface area (Å²) >= 11 is 0.